The van der Waals surface area contributed by atoms with Crippen molar-refractivity contribution in [3.63, 3.8) is 0 Å². The maximum absolute atomic E-state index is 12.6. The van der Waals surface area contributed by atoms with E-state index in [2.05, 4.69) is 15.4 Å². The van der Waals surface area contributed by atoms with E-state index in [-0.39, 0.29) is 22.6 Å². The molecule has 0 radical (unpaired) electrons. The van der Waals surface area contributed by atoms with Crippen molar-refractivity contribution < 1.29 is 22.4 Å². The molecule has 1 heterocycles. The van der Waals surface area contributed by atoms with Gasteiger partial charge in [-0.05, 0) is 56.2 Å². The zero-order valence-electron chi connectivity index (χ0n) is 16.2. The number of sulfonamides is 1. The molecule has 0 saturated heterocycles. The van der Waals surface area contributed by atoms with Crippen molar-refractivity contribution in [1.82, 2.24) is 10.0 Å². The molecule has 2 aromatic rings. The molecule has 2 amide bonds. The van der Waals surface area contributed by atoms with Gasteiger partial charge in [-0.2, -0.15) is 0 Å². The van der Waals surface area contributed by atoms with Crippen LogP contribution in [0.25, 0.3) is 0 Å². The van der Waals surface area contributed by atoms with Gasteiger partial charge in [0, 0.05) is 11.7 Å². The molecular weight excluding hydrogens is 382 g/mol. The topological polar surface area (TPSA) is 118 Å². The molecule has 1 atom stereocenters. The lowest BCUT2D eigenvalue weighted by Gasteiger charge is -2.21. The van der Waals surface area contributed by atoms with E-state index in [9.17, 15) is 18.0 Å². The Balaban J connectivity index is 2.08. The monoisotopic (exact) mass is 407 g/mol. The van der Waals surface area contributed by atoms with Crippen molar-refractivity contribution in [3.05, 3.63) is 48.4 Å². The van der Waals surface area contributed by atoms with Crippen molar-refractivity contribution in [1.29, 1.82) is 0 Å². The Morgan fingerprint density at radius 2 is 1.64 bits per heavy atom. The van der Waals surface area contributed by atoms with E-state index in [1.807, 2.05) is 0 Å². The molecule has 1 aromatic carbocycles. The normalized spacial score (nSPS) is 12.8. The summed E-state index contributed by atoms with van der Waals surface area (Å²) in [6.07, 6.45) is 1.38. The molecule has 0 aliphatic carbocycles. The third-order valence-electron chi connectivity index (χ3n) is 3.80. The average molecular weight is 407 g/mol. The maximum atomic E-state index is 12.6. The van der Waals surface area contributed by atoms with E-state index < -0.39 is 27.9 Å². The number of benzene rings is 1. The SMILES string of the molecule is CC(C)NS(=O)(=O)c1ccc(NC(=O)[C@@H](NC(=O)c2ccco2)C(C)C)cc1. The van der Waals surface area contributed by atoms with Gasteiger partial charge in [0.15, 0.2) is 5.76 Å². The minimum absolute atomic E-state index is 0.103. The number of rotatable bonds is 8. The first-order chi connectivity index (χ1) is 13.1. The average Bonchev–Trinajstić information content (AvgIpc) is 3.13. The minimum Gasteiger partial charge on any atom is -0.459 e. The number of nitrogens with one attached hydrogen (secondary N) is 3. The molecule has 28 heavy (non-hydrogen) atoms. The predicted molar refractivity (Wildman–Crippen MR) is 105 cm³/mol. The lowest BCUT2D eigenvalue weighted by molar-refractivity contribution is -0.118. The first-order valence-electron chi connectivity index (χ1n) is 8.88. The second-order valence-electron chi connectivity index (χ2n) is 6.96. The van der Waals surface area contributed by atoms with Crippen molar-refractivity contribution in [2.45, 2.75) is 44.7 Å². The zero-order valence-corrected chi connectivity index (χ0v) is 17.0. The molecule has 2 rings (SSSR count). The summed E-state index contributed by atoms with van der Waals surface area (Å²) >= 11 is 0. The molecule has 0 aliphatic rings. The second-order valence-corrected chi connectivity index (χ2v) is 8.68. The largest absolute Gasteiger partial charge is 0.459 e. The summed E-state index contributed by atoms with van der Waals surface area (Å²) in [6, 6.07) is 7.89. The highest BCUT2D eigenvalue weighted by Crippen LogP contribution is 2.16. The van der Waals surface area contributed by atoms with Gasteiger partial charge in [-0.1, -0.05) is 13.8 Å². The predicted octanol–water partition coefficient (Wildman–Crippen LogP) is 2.36. The smallest absolute Gasteiger partial charge is 0.287 e. The third kappa shape index (κ3) is 5.67. The summed E-state index contributed by atoms with van der Waals surface area (Å²) < 4.78 is 31.8. The van der Waals surface area contributed by atoms with Gasteiger partial charge in [-0.15, -0.1) is 0 Å². The molecule has 1 aromatic heterocycles. The minimum atomic E-state index is -3.61. The van der Waals surface area contributed by atoms with Gasteiger partial charge < -0.3 is 15.1 Å². The molecule has 8 nitrogen and oxygen atoms in total. The fourth-order valence-corrected chi connectivity index (χ4v) is 3.72. The fourth-order valence-electron chi connectivity index (χ4n) is 2.47. The van der Waals surface area contributed by atoms with Crippen LogP contribution in [0.3, 0.4) is 0 Å². The van der Waals surface area contributed by atoms with Crippen LogP contribution in [0.1, 0.15) is 38.2 Å². The number of amides is 2. The number of carbonyl (C=O) groups is 2. The summed E-state index contributed by atoms with van der Waals surface area (Å²) in [5.41, 5.74) is 0.423. The van der Waals surface area contributed by atoms with Crippen LogP contribution in [-0.4, -0.2) is 32.3 Å². The molecule has 3 N–H and O–H groups in total. The fraction of sp³-hybridized carbons (Fsp3) is 0.368. The van der Waals surface area contributed by atoms with Gasteiger partial charge in [-0.25, -0.2) is 13.1 Å². The van der Waals surface area contributed by atoms with Gasteiger partial charge in [0.2, 0.25) is 15.9 Å². The number of hydrogen-bond acceptors (Lipinski definition) is 5. The van der Waals surface area contributed by atoms with Gasteiger partial charge in [0.05, 0.1) is 11.2 Å². The molecule has 0 unspecified atom stereocenters. The van der Waals surface area contributed by atoms with Crippen LogP contribution in [0.2, 0.25) is 0 Å². The van der Waals surface area contributed by atoms with Crippen LogP contribution < -0.4 is 15.4 Å². The van der Waals surface area contributed by atoms with Crippen molar-refractivity contribution in [2.75, 3.05) is 5.32 Å². The van der Waals surface area contributed by atoms with Crippen LogP contribution in [0.15, 0.2) is 52.0 Å². The third-order valence-corrected chi connectivity index (χ3v) is 5.48. The van der Waals surface area contributed by atoms with Gasteiger partial charge >= 0.3 is 0 Å². The summed E-state index contributed by atoms with van der Waals surface area (Å²) in [4.78, 5) is 24.9. The van der Waals surface area contributed by atoms with Crippen molar-refractivity contribution in [2.24, 2.45) is 5.92 Å². The van der Waals surface area contributed by atoms with E-state index in [0.29, 0.717) is 5.69 Å². The van der Waals surface area contributed by atoms with Crippen molar-refractivity contribution in [3.8, 4) is 0 Å². The highest BCUT2D eigenvalue weighted by molar-refractivity contribution is 7.89. The van der Waals surface area contributed by atoms with Gasteiger partial charge in [0.25, 0.3) is 5.91 Å². The first-order valence-corrected chi connectivity index (χ1v) is 10.4. The Morgan fingerprint density at radius 1 is 1.00 bits per heavy atom. The maximum Gasteiger partial charge on any atom is 0.287 e. The van der Waals surface area contributed by atoms with E-state index in [0.717, 1.165) is 0 Å². The number of furan rings is 1. The summed E-state index contributed by atoms with van der Waals surface area (Å²) in [6.45, 7) is 7.07. The Labute approximate surface area is 164 Å². The summed E-state index contributed by atoms with van der Waals surface area (Å²) in [5, 5.41) is 5.34. The van der Waals surface area contributed by atoms with Crippen LogP contribution >= 0.6 is 0 Å². The molecule has 0 spiro atoms. The van der Waals surface area contributed by atoms with E-state index >= 15 is 0 Å². The quantitative estimate of drug-likeness (QED) is 0.621. The van der Waals surface area contributed by atoms with E-state index in [4.69, 9.17) is 4.42 Å². The Kier molecular flexibility index (Phi) is 6.98. The van der Waals surface area contributed by atoms with Crippen molar-refractivity contribution >= 4 is 27.5 Å². The highest BCUT2D eigenvalue weighted by atomic mass is 32.2. The molecular formula is C19H25N3O5S. The highest BCUT2D eigenvalue weighted by Gasteiger charge is 2.26. The summed E-state index contributed by atoms with van der Waals surface area (Å²) in [7, 11) is -3.61. The van der Waals surface area contributed by atoms with E-state index in [1.54, 1.807) is 33.8 Å². The molecule has 9 heteroatoms. The molecule has 152 valence electrons. The number of anilines is 1. The lowest BCUT2D eigenvalue weighted by atomic mass is 10.0. The standard InChI is InChI=1S/C19H25N3O5S/c1-12(2)17(21-18(23)16-6-5-11-27-16)19(24)20-14-7-9-15(10-8-14)28(25,26)22-13(3)4/h5-13,17,22H,1-4H3,(H,20,24)(H,21,23)/t17-/m0/s1. The molecule has 0 bridgehead atoms. The number of carbonyl (C=O) groups excluding carboxylic acids is 2. The second kappa shape index (κ2) is 9.03. The zero-order chi connectivity index (χ0) is 20.9. The lowest BCUT2D eigenvalue weighted by Crippen LogP contribution is -2.47. The van der Waals surface area contributed by atoms with Crippen LogP contribution in [0.4, 0.5) is 5.69 Å². The molecule has 0 aliphatic heterocycles. The first kappa shape index (κ1) is 21.6. The Hall–Kier alpha value is -2.65. The van der Waals surface area contributed by atoms with Crippen LogP contribution in [-0.2, 0) is 14.8 Å². The van der Waals surface area contributed by atoms with Gasteiger partial charge in [0.1, 0.15) is 6.04 Å². The number of hydrogen-bond donors (Lipinski definition) is 3. The Morgan fingerprint density at radius 3 is 2.14 bits per heavy atom. The summed E-state index contributed by atoms with van der Waals surface area (Å²) in [5.74, 6) is -0.953. The molecule has 0 saturated carbocycles. The van der Waals surface area contributed by atoms with E-state index in [1.165, 1.54) is 36.6 Å². The molecule has 0 fully saturated rings. The van der Waals surface area contributed by atoms with Crippen LogP contribution in [0.5, 0.6) is 0 Å². The Bertz CT molecular complexity index is 904. The van der Waals surface area contributed by atoms with Crippen LogP contribution in [0, 0.1) is 5.92 Å². The van der Waals surface area contributed by atoms with Gasteiger partial charge in [-0.3, -0.25) is 9.59 Å².